The number of furan rings is 3. The van der Waals surface area contributed by atoms with E-state index in [0.29, 0.717) is 0 Å². The summed E-state index contributed by atoms with van der Waals surface area (Å²) in [6.45, 7) is 0. The Balaban J connectivity index is 1.17. The molecule has 0 N–H and O–H groups in total. The van der Waals surface area contributed by atoms with E-state index in [-0.39, 0.29) is 0 Å². The summed E-state index contributed by atoms with van der Waals surface area (Å²) in [7, 11) is 0. The molecule has 49 heavy (non-hydrogen) atoms. The first-order valence-electron chi connectivity index (χ1n) is 16.6. The van der Waals surface area contributed by atoms with Gasteiger partial charge < -0.3 is 13.3 Å². The Labute approximate surface area is 280 Å². The minimum absolute atomic E-state index is 0.772. The molecule has 0 bridgehead atoms. The van der Waals surface area contributed by atoms with Crippen LogP contribution in [0.4, 0.5) is 0 Å². The zero-order valence-electron chi connectivity index (χ0n) is 26.2. The molecule has 3 aromatic heterocycles. The van der Waals surface area contributed by atoms with Crippen LogP contribution in [0.5, 0.6) is 0 Å². The number of rotatable bonds is 3. The Morgan fingerprint density at radius 3 is 1.67 bits per heavy atom. The molecule has 0 unspecified atom stereocenters. The lowest BCUT2D eigenvalue weighted by atomic mass is 9.85. The predicted octanol–water partition coefficient (Wildman–Crippen LogP) is 13.5. The van der Waals surface area contributed by atoms with Gasteiger partial charge in [0.25, 0.3) is 0 Å². The Bertz CT molecular complexity index is 3040. The topological polar surface area (TPSA) is 39.4 Å². The average molecular weight is 627 g/mol. The van der Waals surface area contributed by atoms with Gasteiger partial charge >= 0.3 is 0 Å². The Kier molecular flexibility index (Phi) is 5.38. The fourth-order valence-corrected chi connectivity index (χ4v) is 8.00. The third-order valence-electron chi connectivity index (χ3n) is 10.2. The van der Waals surface area contributed by atoms with Gasteiger partial charge in [0.2, 0.25) is 0 Å². The van der Waals surface area contributed by atoms with Gasteiger partial charge in [0.15, 0.2) is 11.2 Å². The van der Waals surface area contributed by atoms with Crippen molar-refractivity contribution >= 4 is 76.4 Å². The summed E-state index contributed by atoms with van der Waals surface area (Å²) in [5, 5.41) is 10.2. The third-order valence-corrected chi connectivity index (χ3v) is 10.2. The molecule has 0 spiro atoms. The van der Waals surface area contributed by atoms with Crippen molar-refractivity contribution in [1.29, 1.82) is 0 Å². The van der Waals surface area contributed by atoms with Crippen molar-refractivity contribution in [1.82, 2.24) is 0 Å². The van der Waals surface area contributed by atoms with Crippen LogP contribution in [0.1, 0.15) is 0 Å². The Hall–Kier alpha value is -6.58. The number of benzene rings is 8. The Morgan fingerprint density at radius 2 is 0.898 bits per heavy atom. The first kappa shape index (κ1) is 26.5. The lowest BCUT2D eigenvalue weighted by Gasteiger charge is -2.18. The van der Waals surface area contributed by atoms with E-state index in [9.17, 15) is 0 Å². The van der Waals surface area contributed by atoms with Crippen molar-refractivity contribution in [3.63, 3.8) is 0 Å². The van der Waals surface area contributed by atoms with E-state index in [4.69, 9.17) is 13.3 Å². The summed E-state index contributed by atoms with van der Waals surface area (Å²) < 4.78 is 19.3. The van der Waals surface area contributed by atoms with Gasteiger partial charge in [-0.25, -0.2) is 0 Å². The lowest BCUT2D eigenvalue weighted by Crippen LogP contribution is -1.91. The van der Waals surface area contributed by atoms with Gasteiger partial charge in [-0.1, -0.05) is 121 Å². The molecule has 3 heterocycles. The second-order valence-electron chi connectivity index (χ2n) is 12.8. The highest BCUT2D eigenvalue weighted by molar-refractivity contribution is 6.25. The number of hydrogen-bond donors (Lipinski definition) is 0. The van der Waals surface area contributed by atoms with E-state index >= 15 is 0 Å². The van der Waals surface area contributed by atoms with Gasteiger partial charge in [-0.05, 0) is 68.6 Å². The quantitative estimate of drug-likeness (QED) is 0.183. The molecule has 228 valence electrons. The van der Waals surface area contributed by atoms with E-state index < -0.39 is 0 Å². The molecule has 0 atom stereocenters. The molecule has 8 aromatic carbocycles. The molecule has 0 aliphatic heterocycles. The number of fused-ring (bicyclic) bond motifs is 10. The van der Waals surface area contributed by atoms with Crippen LogP contribution >= 0.6 is 0 Å². The summed E-state index contributed by atoms with van der Waals surface area (Å²) in [5.74, 6) is 0. The fourth-order valence-electron chi connectivity index (χ4n) is 8.00. The highest BCUT2D eigenvalue weighted by Crippen LogP contribution is 2.47. The van der Waals surface area contributed by atoms with Crippen molar-refractivity contribution in [3.05, 3.63) is 158 Å². The molecule has 11 aromatic rings. The van der Waals surface area contributed by atoms with Gasteiger partial charge in [0.05, 0.1) is 6.26 Å². The van der Waals surface area contributed by atoms with Crippen molar-refractivity contribution in [2.24, 2.45) is 0 Å². The van der Waals surface area contributed by atoms with Crippen LogP contribution in [0.15, 0.2) is 171 Å². The zero-order valence-corrected chi connectivity index (χ0v) is 26.2. The second kappa shape index (κ2) is 9.96. The largest absolute Gasteiger partial charge is 0.460 e. The number of para-hydroxylation sites is 2. The monoisotopic (exact) mass is 626 g/mol. The maximum atomic E-state index is 6.57. The molecular formula is C46H26O3. The predicted molar refractivity (Wildman–Crippen MR) is 202 cm³/mol. The SMILES string of the molecule is c1ccc(-c2coc3c2ccc2c4cc(-c5c6ccccc6c(-c6cccc7c6oc6ccccc67)c6ccccc56)ccc4oc23)cc1. The molecule has 3 heteroatoms. The van der Waals surface area contributed by atoms with E-state index in [1.54, 1.807) is 0 Å². The zero-order chi connectivity index (χ0) is 32.1. The van der Waals surface area contributed by atoms with Gasteiger partial charge in [-0.15, -0.1) is 0 Å². The minimum atomic E-state index is 0.772. The van der Waals surface area contributed by atoms with E-state index in [0.717, 1.165) is 77.1 Å². The lowest BCUT2D eigenvalue weighted by molar-refractivity contribution is 0.600. The van der Waals surface area contributed by atoms with Gasteiger partial charge in [0, 0.05) is 43.6 Å². The van der Waals surface area contributed by atoms with Crippen LogP contribution < -0.4 is 0 Å². The van der Waals surface area contributed by atoms with Crippen molar-refractivity contribution in [2.45, 2.75) is 0 Å². The van der Waals surface area contributed by atoms with Crippen molar-refractivity contribution in [2.75, 3.05) is 0 Å². The molecule has 11 rings (SSSR count). The van der Waals surface area contributed by atoms with Crippen molar-refractivity contribution < 1.29 is 13.3 Å². The highest BCUT2D eigenvalue weighted by Gasteiger charge is 2.22. The molecule has 0 saturated carbocycles. The molecule has 0 aliphatic carbocycles. The first-order chi connectivity index (χ1) is 24.3. The van der Waals surface area contributed by atoms with Crippen LogP contribution in [0, 0.1) is 0 Å². The van der Waals surface area contributed by atoms with E-state index in [2.05, 4.69) is 133 Å². The summed E-state index contributed by atoms with van der Waals surface area (Å²) in [6, 6.07) is 53.5. The van der Waals surface area contributed by atoms with Gasteiger partial charge in [-0.2, -0.15) is 0 Å². The maximum absolute atomic E-state index is 6.57. The van der Waals surface area contributed by atoms with Crippen LogP contribution in [-0.4, -0.2) is 0 Å². The first-order valence-corrected chi connectivity index (χ1v) is 16.6. The smallest absolute Gasteiger partial charge is 0.178 e. The summed E-state index contributed by atoms with van der Waals surface area (Å²) in [4.78, 5) is 0. The molecule has 0 radical (unpaired) electrons. The summed E-state index contributed by atoms with van der Waals surface area (Å²) in [5.41, 5.74) is 11.0. The molecule has 3 nitrogen and oxygen atoms in total. The van der Waals surface area contributed by atoms with E-state index in [1.165, 1.54) is 32.7 Å². The van der Waals surface area contributed by atoms with Crippen LogP contribution in [0.25, 0.3) is 110 Å². The normalized spacial score (nSPS) is 12.1. The number of hydrogen-bond acceptors (Lipinski definition) is 3. The molecule has 0 fully saturated rings. The molecule has 0 aliphatic rings. The molecular weight excluding hydrogens is 601 g/mol. The van der Waals surface area contributed by atoms with Crippen LogP contribution in [0.2, 0.25) is 0 Å². The van der Waals surface area contributed by atoms with Gasteiger partial charge in [0.1, 0.15) is 16.7 Å². The maximum Gasteiger partial charge on any atom is 0.178 e. The average Bonchev–Trinajstić information content (AvgIpc) is 3.87. The van der Waals surface area contributed by atoms with Crippen molar-refractivity contribution in [3.8, 4) is 33.4 Å². The standard InChI is InChI=1S/C46H26O3/c1-2-11-27(12-3-1)39-26-47-45-36(39)23-22-35-38-25-28(21-24-41(38)49-46(35)45)42-30-14-4-6-16-32(30)43(33-17-7-5-15-31(33)42)37-19-10-18-34-29-13-8-9-20-40(29)48-44(34)37/h1-26H. The molecule has 0 saturated heterocycles. The summed E-state index contributed by atoms with van der Waals surface area (Å²) in [6.07, 6.45) is 1.84. The van der Waals surface area contributed by atoms with Crippen LogP contribution in [-0.2, 0) is 0 Å². The third kappa shape index (κ3) is 3.73. The van der Waals surface area contributed by atoms with E-state index in [1.807, 2.05) is 24.5 Å². The second-order valence-corrected chi connectivity index (χ2v) is 12.8. The summed E-state index contributed by atoms with van der Waals surface area (Å²) >= 11 is 0. The van der Waals surface area contributed by atoms with Crippen LogP contribution in [0.3, 0.4) is 0 Å². The minimum Gasteiger partial charge on any atom is -0.460 e. The molecule has 0 amide bonds. The van der Waals surface area contributed by atoms with Gasteiger partial charge in [-0.3, -0.25) is 0 Å². The fraction of sp³-hybridized carbons (Fsp3) is 0. The highest BCUT2D eigenvalue weighted by atomic mass is 16.4. The Morgan fingerprint density at radius 1 is 0.306 bits per heavy atom.